The van der Waals surface area contributed by atoms with E-state index in [1.54, 1.807) is 0 Å². The molecule has 172 valence electrons. The summed E-state index contributed by atoms with van der Waals surface area (Å²) >= 11 is 0. The van der Waals surface area contributed by atoms with E-state index in [2.05, 4.69) is 16.3 Å². The zero-order valence-corrected chi connectivity index (χ0v) is 18.6. The molecule has 3 fully saturated rings. The number of aromatic nitrogens is 2. The van der Waals surface area contributed by atoms with E-state index < -0.39 is 0 Å². The first-order valence-electron chi connectivity index (χ1n) is 12.0. The van der Waals surface area contributed by atoms with Crippen LogP contribution in [-0.4, -0.2) is 51.9 Å². The maximum atomic E-state index is 13.3. The molecular weight excluding hydrogens is 419 g/mol. The summed E-state index contributed by atoms with van der Waals surface area (Å²) in [6.07, 6.45) is 4.17. The van der Waals surface area contributed by atoms with Gasteiger partial charge in [-0.1, -0.05) is 30.3 Å². The number of amides is 1. The van der Waals surface area contributed by atoms with E-state index in [9.17, 15) is 9.18 Å². The van der Waals surface area contributed by atoms with Crippen LogP contribution < -0.4 is 5.32 Å². The average Bonchev–Trinajstić information content (AvgIpc) is 3.55. The zero-order chi connectivity index (χ0) is 22.4. The van der Waals surface area contributed by atoms with Crippen molar-refractivity contribution in [1.29, 1.82) is 0 Å². The van der Waals surface area contributed by atoms with Gasteiger partial charge in [-0.05, 0) is 55.4 Å². The number of rotatable bonds is 6. The van der Waals surface area contributed by atoms with Crippen molar-refractivity contribution < 1.29 is 13.9 Å². The topological polar surface area (TPSA) is 59.4 Å². The summed E-state index contributed by atoms with van der Waals surface area (Å²) in [5.74, 6) is 0.390. The van der Waals surface area contributed by atoms with Crippen molar-refractivity contribution in [3.63, 3.8) is 0 Å². The van der Waals surface area contributed by atoms with Crippen LogP contribution >= 0.6 is 0 Å². The number of piperidine rings is 1. The van der Waals surface area contributed by atoms with Crippen molar-refractivity contribution in [2.24, 2.45) is 5.92 Å². The monoisotopic (exact) mass is 448 g/mol. The van der Waals surface area contributed by atoms with E-state index in [1.165, 1.54) is 25.0 Å². The lowest BCUT2D eigenvalue weighted by Crippen LogP contribution is -2.60. The average molecular weight is 449 g/mol. The smallest absolute Gasteiger partial charge is 0.272 e. The molecule has 7 heteroatoms. The maximum absolute atomic E-state index is 13.3. The molecule has 2 aliphatic heterocycles. The molecule has 1 N–H and O–H groups in total. The van der Waals surface area contributed by atoms with Crippen molar-refractivity contribution in [2.75, 3.05) is 13.2 Å². The molecule has 3 atom stereocenters. The third kappa shape index (κ3) is 4.27. The minimum Gasteiger partial charge on any atom is -0.378 e. The summed E-state index contributed by atoms with van der Waals surface area (Å²) in [4.78, 5) is 15.8. The lowest BCUT2D eigenvalue weighted by molar-refractivity contribution is -0.0843. The Hall–Kier alpha value is -2.77. The van der Waals surface area contributed by atoms with Crippen LogP contribution in [0.2, 0.25) is 0 Å². The van der Waals surface area contributed by atoms with E-state index >= 15 is 0 Å². The van der Waals surface area contributed by atoms with Crippen LogP contribution in [0.25, 0.3) is 10.9 Å². The third-order valence-electron chi connectivity index (χ3n) is 7.29. The number of para-hydroxylation sites is 1. The first-order chi connectivity index (χ1) is 16.1. The van der Waals surface area contributed by atoms with Gasteiger partial charge < -0.3 is 10.1 Å². The van der Waals surface area contributed by atoms with Crippen LogP contribution in [0.1, 0.15) is 41.7 Å². The molecule has 1 unspecified atom stereocenters. The standard InChI is InChI=1S/C26H29FN4O2/c27-19-9-7-17(8-10-19)13-30-21-11-20(12-22(30)16-33-15-21)28-26(32)25-23-3-1-2-4-24(23)31(29-25)14-18-5-6-18/h1-4,7-10,18,20-22H,5-6,11-16H2,(H,28,32)/t20?,21-,22+. The highest BCUT2D eigenvalue weighted by Gasteiger charge is 2.39. The first-order valence-corrected chi connectivity index (χ1v) is 12.0. The molecule has 1 aromatic heterocycles. The summed E-state index contributed by atoms with van der Waals surface area (Å²) in [5, 5.41) is 8.93. The number of carbonyl (C=O) groups excluding carboxylic acids is 1. The highest BCUT2D eigenvalue weighted by Crippen LogP contribution is 2.33. The van der Waals surface area contributed by atoms with Gasteiger partial charge in [-0.3, -0.25) is 14.4 Å². The Labute approximate surface area is 192 Å². The maximum Gasteiger partial charge on any atom is 0.272 e. The molecule has 2 aromatic carbocycles. The number of fused-ring (bicyclic) bond motifs is 3. The largest absolute Gasteiger partial charge is 0.378 e. The number of halogens is 1. The molecule has 3 aliphatic rings. The van der Waals surface area contributed by atoms with Crippen molar-refractivity contribution >= 4 is 16.8 Å². The third-order valence-corrected chi connectivity index (χ3v) is 7.29. The number of nitrogens with one attached hydrogen (secondary N) is 1. The molecule has 1 aliphatic carbocycles. The lowest BCUT2D eigenvalue weighted by Gasteiger charge is -2.48. The Bertz CT molecular complexity index is 1140. The van der Waals surface area contributed by atoms with E-state index in [0.717, 1.165) is 42.4 Å². The summed E-state index contributed by atoms with van der Waals surface area (Å²) < 4.78 is 21.1. The van der Waals surface area contributed by atoms with Crippen LogP contribution in [0.3, 0.4) is 0 Å². The van der Waals surface area contributed by atoms with E-state index in [1.807, 2.05) is 35.0 Å². The summed E-state index contributed by atoms with van der Waals surface area (Å²) in [5.41, 5.74) is 2.67. The van der Waals surface area contributed by atoms with Gasteiger partial charge >= 0.3 is 0 Å². The molecule has 0 radical (unpaired) electrons. The normalized spacial score (nSPS) is 25.3. The first kappa shape index (κ1) is 20.8. The second-order valence-corrected chi connectivity index (χ2v) is 9.78. The molecule has 2 bridgehead atoms. The SMILES string of the molecule is O=C(NC1C[C@H]2COC[C@@H](C1)N2Cc1ccc(F)cc1)c1nn(CC2CC2)c2ccccc12. The Morgan fingerprint density at radius 1 is 1.06 bits per heavy atom. The van der Waals surface area contributed by atoms with Crippen molar-refractivity contribution in [1.82, 2.24) is 20.0 Å². The van der Waals surface area contributed by atoms with E-state index in [-0.39, 0.29) is 29.8 Å². The van der Waals surface area contributed by atoms with Gasteiger partial charge in [-0.15, -0.1) is 0 Å². The minimum atomic E-state index is -0.212. The highest BCUT2D eigenvalue weighted by molar-refractivity contribution is 6.05. The van der Waals surface area contributed by atoms with Crippen LogP contribution in [0.4, 0.5) is 4.39 Å². The Balaban J connectivity index is 1.17. The number of hydrogen-bond acceptors (Lipinski definition) is 4. The van der Waals surface area contributed by atoms with Gasteiger partial charge in [0.2, 0.25) is 0 Å². The molecular formula is C26H29FN4O2. The van der Waals surface area contributed by atoms with E-state index in [0.29, 0.717) is 24.8 Å². The number of nitrogens with zero attached hydrogens (tertiary/aromatic N) is 3. The number of ether oxygens (including phenoxy) is 1. The van der Waals surface area contributed by atoms with Crippen LogP contribution in [0, 0.1) is 11.7 Å². The molecule has 2 saturated heterocycles. The quantitative estimate of drug-likeness (QED) is 0.624. The van der Waals surface area contributed by atoms with E-state index in [4.69, 9.17) is 9.84 Å². The van der Waals surface area contributed by atoms with Gasteiger partial charge in [0, 0.05) is 36.6 Å². The van der Waals surface area contributed by atoms with Gasteiger partial charge in [0.05, 0.1) is 18.7 Å². The number of carbonyl (C=O) groups is 1. The van der Waals surface area contributed by atoms with Gasteiger partial charge in [0.15, 0.2) is 5.69 Å². The Morgan fingerprint density at radius 2 is 1.79 bits per heavy atom. The Kier molecular flexibility index (Phi) is 5.38. The molecule has 1 amide bonds. The summed E-state index contributed by atoms with van der Waals surface area (Å²) in [6.45, 7) is 2.97. The predicted octanol–water partition coefficient (Wildman–Crippen LogP) is 3.75. The van der Waals surface area contributed by atoms with Gasteiger partial charge in [0.25, 0.3) is 5.91 Å². The number of benzene rings is 2. The fourth-order valence-corrected chi connectivity index (χ4v) is 5.40. The fourth-order valence-electron chi connectivity index (χ4n) is 5.40. The summed E-state index contributed by atoms with van der Waals surface area (Å²) in [7, 11) is 0. The molecule has 3 heterocycles. The Morgan fingerprint density at radius 3 is 2.52 bits per heavy atom. The number of morpholine rings is 1. The van der Waals surface area contributed by atoms with Crippen LogP contribution in [0.5, 0.6) is 0 Å². The van der Waals surface area contributed by atoms with Gasteiger partial charge in [0.1, 0.15) is 5.82 Å². The second-order valence-electron chi connectivity index (χ2n) is 9.78. The van der Waals surface area contributed by atoms with Crippen LogP contribution in [0.15, 0.2) is 48.5 Å². The molecule has 3 aromatic rings. The second kappa shape index (κ2) is 8.54. The lowest BCUT2D eigenvalue weighted by atomic mass is 9.89. The predicted molar refractivity (Wildman–Crippen MR) is 123 cm³/mol. The van der Waals surface area contributed by atoms with Crippen molar-refractivity contribution in [2.45, 2.75) is 56.9 Å². The molecule has 33 heavy (non-hydrogen) atoms. The van der Waals surface area contributed by atoms with Crippen LogP contribution in [-0.2, 0) is 17.8 Å². The minimum absolute atomic E-state index is 0.0864. The van der Waals surface area contributed by atoms with Gasteiger partial charge in [-0.2, -0.15) is 5.10 Å². The van der Waals surface area contributed by atoms with Gasteiger partial charge in [-0.25, -0.2) is 4.39 Å². The van der Waals surface area contributed by atoms with Crippen molar-refractivity contribution in [3.05, 3.63) is 65.6 Å². The summed E-state index contributed by atoms with van der Waals surface area (Å²) in [6, 6.07) is 15.3. The highest BCUT2D eigenvalue weighted by atomic mass is 19.1. The van der Waals surface area contributed by atoms with Crippen molar-refractivity contribution in [3.8, 4) is 0 Å². The molecule has 6 nitrogen and oxygen atoms in total. The number of hydrogen-bond donors (Lipinski definition) is 1. The molecule has 0 spiro atoms. The molecule has 1 saturated carbocycles. The molecule has 6 rings (SSSR count). The zero-order valence-electron chi connectivity index (χ0n) is 18.6. The fraction of sp³-hybridized carbons (Fsp3) is 0.462.